The lowest BCUT2D eigenvalue weighted by Crippen LogP contribution is -2.44. The number of nitrogens with one attached hydrogen (secondary N) is 2. The third kappa shape index (κ3) is 7.17. The number of alkyl halides is 2. The number of rotatable bonds is 9. The molecule has 10 heteroatoms. The number of hydrogen-bond acceptors (Lipinski definition) is 6. The molecule has 3 aromatic rings. The number of ether oxygens (including phenoxy) is 2. The molecule has 2 aliphatic heterocycles. The Bertz CT molecular complexity index is 1510. The zero-order chi connectivity index (χ0) is 31.7. The maximum atomic E-state index is 14.3. The molecule has 0 unspecified atom stereocenters. The maximum Gasteiger partial charge on any atom is 0.243 e. The molecule has 3 heterocycles. The van der Waals surface area contributed by atoms with Crippen LogP contribution in [-0.4, -0.2) is 46.3 Å². The topological polar surface area (TPSA) is 101 Å². The number of aromatic nitrogens is 2. The molecule has 0 spiro atoms. The predicted octanol–water partition coefficient (Wildman–Crippen LogP) is 6.87. The van der Waals surface area contributed by atoms with Gasteiger partial charge in [-0.05, 0) is 47.9 Å². The second-order valence-corrected chi connectivity index (χ2v) is 15.0. The van der Waals surface area contributed by atoms with Gasteiger partial charge in [-0.3, -0.25) is 9.48 Å². The lowest BCUT2D eigenvalue weighted by atomic mass is 9.63. The third-order valence-corrected chi connectivity index (χ3v) is 10.2. The average Bonchev–Trinajstić information content (AvgIpc) is 3.67. The van der Waals surface area contributed by atoms with E-state index in [2.05, 4.69) is 130 Å². The summed E-state index contributed by atoms with van der Waals surface area (Å²) in [5.74, 6) is -0.786. The predicted molar refractivity (Wildman–Crippen MR) is 189 cm³/mol. The van der Waals surface area contributed by atoms with Crippen LogP contribution in [0.1, 0.15) is 69.2 Å². The van der Waals surface area contributed by atoms with Crippen LogP contribution >= 0.6 is 45.2 Å². The van der Waals surface area contributed by atoms with Crippen LogP contribution in [0.3, 0.4) is 0 Å². The van der Waals surface area contributed by atoms with Crippen molar-refractivity contribution in [3.63, 3.8) is 0 Å². The molecule has 44 heavy (non-hydrogen) atoms. The van der Waals surface area contributed by atoms with E-state index in [1.807, 2.05) is 26.1 Å². The van der Waals surface area contributed by atoms with Crippen LogP contribution in [0.15, 0.2) is 60.8 Å². The second kappa shape index (κ2) is 13.4. The van der Waals surface area contributed by atoms with Crippen molar-refractivity contribution in [2.75, 3.05) is 11.9 Å². The number of carbonyl (C=O) groups excluding carboxylic acids is 1. The number of amides is 1. The largest absolute Gasteiger partial charge is 0.348 e. The summed E-state index contributed by atoms with van der Waals surface area (Å²) in [6.45, 7) is 11.4. The molecule has 2 fully saturated rings. The van der Waals surface area contributed by atoms with Crippen molar-refractivity contribution >= 4 is 56.9 Å². The molecule has 1 aromatic heterocycles. The fourth-order valence-corrected chi connectivity index (χ4v) is 7.55. The number of hydrogen-bond donors (Lipinski definition) is 2. The van der Waals surface area contributed by atoms with Crippen molar-refractivity contribution in [3.8, 4) is 6.07 Å². The molecule has 0 bridgehead atoms. The quantitative estimate of drug-likeness (QED) is 0.181. The summed E-state index contributed by atoms with van der Waals surface area (Å²) in [6.07, 6.45) is 2.44. The Morgan fingerprint density at radius 2 is 1.86 bits per heavy atom. The Balaban J connectivity index is 1.52. The average molecular weight is 822 g/mol. The summed E-state index contributed by atoms with van der Waals surface area (Å²) in [5, 5.41) is 22.6. The summed E-state index contributed by atoms with van der Waals surface area (Å²) in [7, 11) is 0. The van der Waals surface area contributed by atoms with E-state index in [9.17, 15) is 10.1 Å². The highest BCUT2D eigenvalue weighted by Gasteiger charge is 2.59. The summed E-state index contributed by atoms with van der Waals surface area (Å²) < 4.78 is 15.1. The van der Waals surface area contributed by atoms with Gasteiger partial charge in [0.1, 0.15) is 11.5 Å². The van der Waals surface area contributed by atoms with E-state index in [1.54, 1.807) is 10.7 Å². The van der Waals surface area contributed by atoms with Gasteiger partial charge in [0.05, 0.1) is 25.3 Å². The normalized spacial score (nSPS) is 26.4. The van der Waals surface area contributed by atoms with E-state index in [0.29, 0.717) is 19.0 Å². The van der Waals surface area contributed by atoms with Crippen LogP contribution in [0.4, 0.5) is 5.82 Å². The maximum absolute atomic E-state index is 14.3. The first-order valence-corrected chi connectivity index (χ1v) is 18.1. The smallest absolute Gasteiger partial charge is 0.243 e. The molecular formula is C34H41I2N5O3. The van der Waals surface area contributed by atoms with Gasteiger partial charge in [0, 0.05) is 33.1 Å². The van der Waals surface area contributed by atoms with E-state index < -0.39 is 23.2 Å². The van der Waals surface area contributed by atoms with Gasteiger partial charge in [0.15, 0.2) is 11.6 Å². The van der Waals surface area contributed by atoms with E-state index in [0.717, 1.165) is 32.0 Å². The van der Waals surface area contributed by atoms with Crippen molar-refractivity contribution in [2.24, 2.45) is 5.41 Å². The monoisotopic (exact) mass is 821 g/mol. The first-order chi connectivity index (χ1) is 20.9. The Labute approximate surface area is 287 Å². The fraction of sp³-hybridized carbons (Fsp3) is 0.500. The number of halogens is 2. The molecule has 5 rings (SSSR count). The van der Waals surface area contributed by atoms with Crippen molar-refractivity contribution in [2.45, 2.75) is 91.7 Å². The summed E-state index contributed by atoms with van der Waals surface area (Å²) in [4.78, 5) is 14.3. The molecule has 0 saturated carbocycles. The molecule has 2 aromatic carbocycles. The number of nitrogens with zero attached hydrogens (tertiary/aromatic N) is 3. The van der Waals surface area contributed by atoms with Crippen molar-refractivity contribution < 1.29 is 14.3 Å². The van der Waals surface area contributed by atoms with Crippen LogP contribution in [0, 0.1) is 16.7 Å². The number of nitriles is 1. The Morgan fingerprint density at radius 3 is 2.48 bits per heavy atom. The molecule has 2 N–H and O–H groups in total. The summed E-state index contributed by atoms with van der Waals surface area (Å²) in [5.41, 5.74) is 3.22. The number of anilines is 1. The zero-order valence-electron chi connectivity index (χ0n) is 25.9. The first kappa shape index (κ1) is 33.3. The number of carbonyl (C=O) groups is 1. The molecule has 1 amide bonds. The van der Waals surface area contributed by atoms with E-state index in [4.69, 9.17) is 9.47 Å². The molecule has 2 aliphatic rings. The SMILES string of the molecule is CC(C)(C)C[C@@H]1N[C@@H](C(=O)Nc2ccn(C[C@@H]3COC(C)(C)O3)n2)[C@H](c2cccc(CI)c2)[C@@]1(C#N)c1ccc(CI)cc1. The molecular weight excluding hydrogens is 780 g/mol. The molecule has 5 atom stereocenters. The van der Waals surface area contributed by atoms with Gasteiger partial charge >= 0.3 is 0 Å². The summed E-state index contributed by atoms with van der Waals surface area (Å²) in [6, 6.07) is 20.4. The Kier molecular flexibility index (Phi) is 10.1. The van der Waals surface area contributed by atoms with Gasteiger partial charge < -0.3 is 20.1 Å². The van der Waals surface area contributed by atoms with E-state index in [-0.39, 0.29) is 23.5 Å². The minimum Gasteiger partial charge on any atom is -0.348 e. The fourth-order valence-electron chi connectivity index (χ4n) is 6.57. The van der Waals surface area contributed by atoms with Crippen molar-refractivity contribution in [1.29, 1.82) is 5.26 Å². The minimum absolute atomic E-state index is 0.0821. The Morgan fingerprint density at radius 1 is 1.14 bits per heavy atom. The zero-order valence-corrected chi connectivity index (χ0v) is 30.3. The third-order valence-electron chi connectivity index (χ3n) is 8.44. The highest BCUT2D eigenvalue weighted by molar-refractivity contribution is 14.1. The van der Waals surface area contributed by atoms with Gasteiger partial charge in [-0.2, -0.15) is 10.4 Å². The molecule has 0 aliphatic carbocycles. The molecule has 0 radical (unpaired) electrons. The van der Waals surface area contributed by atoms with Gasteiger partial charge in [0.25, 0.3) is 0 Å². The molecule has 234 valence electrons. The summed E-state index contributed by atoms with van der Waals surface area (Å²) >= 11 is 4.72. The van der Waals surface area contributed by atoms with E-state index in [1.165, 1.54) is 5.56 Å². The van der Waals surface area contributed by atoms with Gasteiger partial charge in [-0.15, -0.1) is 0 Å². The number of benzene rings is 2. The van der Waals surface area contributed by atoms with Crippen LogP contribution < -0.4 is 10.6 Å². The molecule has 2 saturated heterocycles. The second-order valence-electron chi connectivity index (χ2n) is 13.5. The van der Waals surface area contributed by atoms with Gasteiger partial charge in [-0.25, -0.2) is 0 Å². The molecule has 8 nitrogen and oxygen atoms in total. The standard InChI is InChI=1S/C34H41I2N5O3/c1-32(2,3)16-27-34(21-37,25-11-9-22(17-35)10-12-25)29(24-8-6-7-23(15-24)18-36)30(38-27)31(42)39-28-13-14-41(40-28)19-26-20-43-33(4,5)44-26/h6-15,26-27,29-30,38H,16-20H2,1-5H3,(H,39,40,42)/t26-,27+,29+,30-,34+/m1/s1. The van der Waals surface area contributed by atoms with Gasteiger partial charge in [-0.1, -0.05) is 114 Å². The Hall–Kier alpha value is -2.05. The lowest BCUT2D eigenvalue weighted by molar-refractivity contribution is -0.139. The highest BCUT2D eigenvalue weighted by atomic mass is 127. The lowest BCUT2D eigenvalue weighted by Gasteiger charge is -2.37. The van der Waals surface area contributed by atoms with Crippen LogP contribution in [-0.2, 0) is 35.1 Å². The van der Waals surface area contributed by atoms with Crippen molar-refractivity contribution in [1.82, 2.24) is 15.1 Å². The van der Waals surface area contributed by atoms with E-state index >= 15 is 0 Å². The van der Waals surface area contributed by atoms with Gasteiger partial charge in [0.2, 0.25) is 5.91 Å². The minimum atomic E-state index is -0.977. The highest BCUT2D eigenvalue weighted by Crippen LogP contribution is 2.51. The van der Waals surface area contributed by atoms with Crippen LogP contribution in [0.2, 0.25) is 0 Å². The first-order valence-electron chi connectivity index (χ1n) is 15.0. The van der Waals surface area contributed by atoms with Crippen LogP contribution in [0.25, 0.3) is 0 Å². The van der Waals surface area contributed by atoms with Crippen LogP contribution in [0.5, 0.6) is 0 Å². The van der Waals surface area contributed by atoms with Crippen molar-refractivity contribution in [3.05, 3.63) is 83.0 Å².